The molecule has 1 aromatic carbocycles. The molecule has 0 radical (unpaired) electrons. The fourth-order valence-electron chi connectivity index (χ4n) is 3.27. The van der Waals surface area contributed by atoms with Crippen LogP contribution >= 0.6 is 15.9 Å². The fourth-order valence-corrected chi connectivity index (χ4v) is 3.89. The van der Waals surface area contributed by atoms with Crippen LogP contribution in [0.2, 0.25) is 0 Å². The second-order valence-electron chi connectivity index (χ2n) is 5.54. The van der Waals surface area contributed by atoms with E-state index in [9.17, 15) is 0 Å². The molecule has 0 spiro atoms. The highest BCUT2D eigenvalue weighted by atomic mass is 79.9. The van der Waals surface area contributed by atoms with Gasteiger partial charge in [0.05, 0.1) is 17.0 Å². The van der Waals surface area contributed by atoms with E-state index in [2.05, 4.69) is 21.2 Å². The summed E-state index contributed by atoms with van der Waals surface area (Å²) in [7, 11) is 0. The minimum absolute atomic E-state index is 0.677. The lowest BCUT2D eigenvalue weighted by molar-refractivity contribution is 0.376. The predicted molar refractivity (Wildman–Crippen MR) is 83.0 cm³/mol. The van der Waals surface area contributed by atoms with Crippen LogP contribution in [0.1, 0.15) is 18.4 Å². The minimum Gasteiger partial charge on any atom is -0.464 e. The molecule has 0 aliphatic carbocycles. The summed E-state index contributed by atoms with van der Waals surface area (Å²) < 4.78 is 12.4. The van der Waals surface area contributed by atoms with Gasteiger partial charge in [-0.05, 0) is 66.3 Å². The van der Waals surface area contributed by atoms with Gasteiger partial charge >= 0.3 is 0 Å². The van der Waals surface area contributed by atoms with Crippen LogP contribution < -0.4 is 5.32 Å². The first-order valence-corrected chi connectivity index (χ1v) is 7.89. The third kappa shape index (κ3) is 1.90. The summed E-state index contributed by atoms with van der Waals surface area (Å²) >= 11 is 3.63. The van der Waals surface area contributed by atoms with Gasteiger partial charge < -0.3 is 14.2 Å². The lowest BCUT2D eigenvalue weighted by Gasteiger charge is -2.23. The van der Waals surface area contributed by atoms with Gasteiger partial charge in [0, 0.05) is 16.3 Å². The van der Waals surface area contributed by atoms with E-state index in [1.807, 2.05) is 12.1 Å². The summed E-state index contributed by atoms with van der Waals surface area (Å²) in [5.41, 5.74) is 3.21. The van der Waals surface area contributed by atoms with Crippen LogP contribution in [0.4, 0.5) is 0 Å². The van der Waals surface area contributed by atoms with Crippen LogP contribution in [0, 0.1) is 5.92 Å². The fraction of sp³-hybridized carbons (Fsp3) is 0.375. The predicted octanol–water partition coefficient (Wildman–Crippen LogP) is 4.48. The Labute approximate surface area is 125 Å². The van der Waals surface area contributed by atoms with Gasteiger partial charge in [-0.3, -0.25) is 0 Å². The number of furan rings is 2. The minimum atomic E-state index is 0.677. The number of halogens is 1. The van der Waals surface area contributed by atoms with Gasteiger partial charge in [0.15, 0.2) is 0 Å². The number of hydrogen-bond acceptors (Lipinski definition) is 3. The molecule has 1 atom stereocenters. The highest BCUT2D eigenvalue weighted by Crippen LogP contribution is 2.39. The van der Waals surface area contributed by atoms with Crippen LogP contribution in [0.15, 0.2) is 38.0 Å². The Morgan fingerprint density at radius 1 is 1.15 bits per heavy atom. The molecule has 1 unspecified atom stereocenters. The molecule has 0 amide bonds. The largest absolute Gasteiger partial charge is 0.464 e. The van der Waals surface area contributed by atoms with Crippen molar-refractivity contribution in [2.75, 3.05) is 13.1 Å². The maximum Gasteiger partial charge on any atom is 0.149 e. The maximum atomic E-state index is 5.76. The first-order chi connectivity index (χ1) is 9.84. The number of rotatable bonds is 2. The van der Waals surface area contributed by atoms with E-state index in [0.29, 0.717) is 5.92 Å². The summed E-state index contributed by atoms with van der Waals surface area (Å²) in [5, 5.41) is 5.76. The number of benzene rings is 1. The average molecular weight is 334 g/mol. The normalized spacial score (nSPS) is 19.9. The molecule has 104 valence electrons. The highest BCUT2D eigenvalue weighted by Gasteiger charge is 2.21. The lowest BCUT2D eigenvalue weighted by atomic mass is 9.90. The summed E-state index contributed by atoms with van der Waals surface area (Å²) in [4.78, 5) is 0. The Bertz CT molecular complexity index is 701. The average Bonchev–Trinajstić information content (AvgIpc) is 3.14. The van der Waals surface area contributed by atoms with E-state index in [4.69, 9.17) is 8.83 Å². The van der Waals surface area contributed by atoms with E-state index in [1.165, 1.54) is 23.8 Å². The van der Waals surface area contributed by atoms with Crippen molar-refractivity contribution in [3.8, 4) is 0 Å². The van der Waals surface area contributed by atoms with Gasteiger partial charge in [0.2, 0.25) is 0 Å². The van der Waals surface area contributed by atoms with Crippen molar-refractivity contribution in [2.24, 2.45) is 5.92 Å². The Balaban J connectivity index is 1.88. The molecular weight excluding hydrogens is 318 g/mol. The molecule has 2 aromatic heterocycles. The summed E-state index contributed by atoms with van der Waals surface area (Å²) in [6.07, 6.45) is 7.11. The SMILES string of the molecule is Brc1c2ccoc2c(CC2CCCNC2)c2ccoc12. The summed E-state index contributed by atoms with van der Waals surface area (Å²) in [6.45, 7) is 2.24. The van der Waals surface area contributed by atoms with Gasteiger partial charge in [0.1, 0.15) is 11.2 Å². The third-order valence-electron chi connectivity index (χ3n) is 4.26. The molecule has 20 heavy (non-hydrogen) atoms. The van der Waals surface area contributed by atoms with E-state index in [-0.39, 0.29) is 0 Å². The molecular formula is C16H16BrNO2. The third-order valence-corrected chi connectivity index (χ3v) is 5.04. The molecule has 1 aliphatic heterocycles. The first kappa shape index (κ1) is 12.5. The number of fused-ring (bicyclic) bond motifs is 2. The lowest BCUT2D eigenvalue weighted by Crippen LogP contribution is -2.30. The molecule has 1 saturated heterocycles. The van der Waals surface area contributed by atoms with Crippen LogP contribution in [0.5, 0.6) is 0 Å². The van der Waals surface area contributed by atoms with Crippen molar-refractivity contribution in [2.45, 2.75) is 19.3 Å². The molecule has 3 heterocycles. The van der Waals surface area contributed by atoms with Crippen molar-refractivity contribution in [1.82, 2.24) is 5.32 Å². The molecule has 1 N–H and O–H groups in total. The zero-order valence-corrected chi connectivity index (χ0v) is 12.7. The van der Waals surface area contributed by atoms with Gasteiger partial charge in [-0.15, -0.1) is 0 Å². The molecule has 4 heteroatoms. The van der Waals surface area contributed by atoms with Crippen molar-refractivity contribution < 1.29 is 8.83 Å². The Morgan fingerprint density at radius 3 is 2.75 bits per heavy atom. The van der Waals surface area contributed by atoms with Crippen LogP contribution in [-0.2, 0) is 6.42 Å². The van der Waals surface area contributed by atoms with Gasteiger partial charge in [-0.1, -0.05) is 0 Å². The smallest absolute Gasteiger partial charge is 0.149 e. The van der Waals surface area contributed by atoms with Crippen LogP contribution in [0.25, 0.3) is 21.9 Å². The topological polar surface area (TPSA) is 38.3 Å². The molecule has 3 aromatic rings. The van der Waals surface area contributed by atoms with E-state index in [1.54, 1.807) is 12.5 Å². The Morgan fingerprint density at radius 2 is 1.95 bits per heavy atom. The molecule has 1 aliphatic rings. The van der Waals surface area contributed by atoms with E-state index >= 15 is 0 Å². The first-order valence-electron chi connectivity index (χ1n) is 7.10. The Kier molecular flexibility index (Phi) is 3.08. The zero-order valence-electron chi connectivity index (χ0n) is 11.1. The standard InChI is InChI=1S/C16H16BrNO2/c17-14-12-4-7-19-15(12)13(11-3-6-20-16(11)14)8-10-2-1-5-18-9-10/h3-4,6-7,10,18H,1-2,5,8-9H2. The molecule has 3 nitrogen and oxygen atoms in total. The van der Waals surface area contributed by atoms with E-state index in [0.717, 1.165) is 40.5 Å². The second-order valence-corrected chi connectivity index (χ2v) is 6.33. The molecule has 4 rings (SSSR count). The van der Waals surface area contributed by atoms with Crippen molar-refractivity contribution in [3.63, 3.8) is 0 Å². The number of hydrogen-bond donors (Lipinski definition) is 1. The molecule has 0 bridgehead atoms. The monoisotopic (exact) mass is 333 g/mol. The van der Waals surface area contributed by atoms with Crippen LogP contribution in [0.3, 0.4) is 0 Å². The van der Waals surface area contributed by atoms with Crippen molar-refractivity contribution in [3.05, 3.63) is 34.7 Å². The molecule has 1 fully saturated rings. The number of nitrogens with one attached hydrogen (secondary N) is 1. The van der Waals surface area contributed by atoms with Gasteiger partial charge in [-0.2, -0.15) is 0 Å². The molecule has 0 saturated carbocycles. The van der Waals surface area contributed by atoms with Gasteiger partial charge in [-0.25, -0.2) is 0 Å². The van der Waals surface area contributed by atoms with Crippen LogP contribution in [-0.4, -0.2) is 13.1 Å². The maximum absolute atomic E-state index is 5.76. The second kappa shape index (κ2) is 4.93. The zero-order chi connectivity index (χ0) is 13.5. The highest BCUT2D eigenvalue weighted by molar-refractivity contribution is 9.10. The van der Waals surface area contributed by atoms with Crippen molar-refractivity contribution >= 4 is 37.9 Å². The van der Waals surface area contributed by atoms with E-state index < -0.39 is 0 Å². The van der Waals surface area contributed by atoms with Crippen molar-refractivity contribution in [1.29, 1.82) is 0 Å². The Hall–Kier alpha value is -1.26. The summed E-state index contributed by atoms with van der Waals surface area (Å²) in [6, 6.07) is 4.05. The quantitative estimate of drug-likeness (QED) is 0.751. The number of piperidine rings is 1. The summed E-state index contributed by atoms with van der Waals surface area (Å²) in [5.74, 6) is 0.677. The van der Waals surface area contributed by atoms with Gasteiger partial charge in [0.25, 0.3) is 0 Å².